The number of aliphatic hydroxyl groups is 1. The molecule has 9 heteroatoms. The third-order valence-corrected chi connectivity index (χ3v) is 3.15. The Bertz CT molecular complexity index is 764. The molecule has 0 fully saturated rings. The highest BCUT2D eigenvalue weighted by Gasteiger charge is 2.18. The van der Waals surface area contributed by atoms with Crippen molar-refractivity contribution in [1.82, 2.24) is 24.9 Å². The maximum atomic E-state index is 8.79. The van der Waals surface area contributed by atoms with Gasteiger partial charge in [-0.15, -0.1) is 0 Å². The van der Waals surface area contributed by atoms with Crippen LogP contribution in [-0.2, 0) is 0 Å². The monoisotopic (exact) mass is 289 g/mol. The highest BCUT2D eigenvalue weighted by Crippen LogP contribution is 2.27. The van der Waals surface area contributed by atoms with Crippen LogP contribution in [0.25, 0.3) is 16.9 Å². The van der Waals surface area contributed by atoms with Gasteiger partial charge in [-0.05, 0) is 23.7 Å². The van der Waals surface area contributed by atoms with Crippen molar-refractivity contribution in [1.29, 1.82) is 0 Å². The maximum Gasteiger partial charge on any atom is 0.198 e. The lowest BCUT2D eigenvalue weighted by molar-refractivity contribution is 0.292. The normalized spacial score (nSPS) is 11.1. The molecular formula is C12H15N7O2. The van der Waals surface area contributed by atoms with Crippen molar-refractivity contribution >= 4 is 17.2 Å². The minimum atomic E-state index is 0.142. The number of nitrogens with zero attached hydrogens (tertiary/aromatic N) is 5. The molecule has 3 heterocycles. The molecule has 9 nitrogen and oxygen atoms in total. The van der Waals surface area contributed by atoms with Gasteiger partial charge in [0.05, 0.1) is 5.52 Å². The van der Waals surface area contributed by atoms with E-state index in [1.807, 2.05) is 13.0 Å². The average molecular weight is 289 g/mol. The molecule has 0 amide bonds. The fourth-order valence-corrected chi connectivity index (χ4v) is 2.05. The SMILES string of the molecule is Cc1c(-c2nonc2N)nn2cnc(NCCCO)cc12. The Labute approximate surface area is 119 Å². The predicted molar refractivity (Wildman–Crippen MR) is 75.6 cm³/mol. The number of anilines is 2. The number of hydrogen-bond donors (Lipinski definition) is 3. The third-order valence-electron chi connectivity index (χ3n) is 3.15. The van der Waals surface area contributed by atoms with Crippen molar-refractivity contribution in [3.63, 3.8) is 0 Å². The average Bonchev–Trinajstić information content (AvgIpc) is 3.03. The Kier molecular flexibility index (Phi) is 3.40. The second-order valence-electron chi connectivity index (χ2n) is 4.58. The van der Waals surface area contributed by atoms with E-state index in [0.29, 0.717) is 24.4 Å². The zero-order valence-corrected chi connectivity index (χ0v) is 11.4. The van der Waals surface area contributed by atoms with Crippen LogP contribution >= 0.6 is 0 Å². The van der Waals surface area contributed by atoms with Crippen molar-refractivity contribution in [2.45, 2.75) is 13.3 Å². The molecule has 4 N–H and O–H groups in total. The van der Waals surface area contributed by atoms with Crippen LogP contribution in [-0.4, -0.2) is 43.2 Å². The first-order chi connectivity index (χ1) is 10.2. The number of fused-ring (bicyclic) bond motifs is 1. The fourth-order valence-electron chi connectivity index (χ4n) is 2.05. The topological polar surface area (TPSA) is 127 Å². The van der Waals surface area contributed by atoms with E-state index in [2.05, 4.69) is 30.3 Å². The number of hydrogen-bond acceptors (Lipinski definition) is 8. The van der Waals surface area contributed by atoms with Crippen LogP contribution in [0.5, 0.6) is 0 Å². The van der Waals surface area contributed by atoms with E-state index in [1.165, 1.54) is 0 Å². The van der Waals surface area contributed by atoms with Gasteiger partial charge in [-0.2, -0.15) is 5.10 Å². The first-order valence-electron chi connectivity index (χ1n) is 6.49. The van der Waals surface area contributed by atoms with Crippen LogP contribution < -0.4 is 11.1 Å². The van der Waals surface area contributed by atoms with Crippen molar-refractivity contribution in [3.8, 4) is 11.4 Å². The van der Waals surface area contributed by atoms with Gasteiger partial charge in [-0.3, -0.25) is 0 Å². The van der Waals surface area contributed by atoms with Gasteiger partial charge in [0, 0.05) is 24.8 Å². The number of rotatable bonds is 5. The molecular weight excluding hydrogens is 274 g/mol. The summed E-state index contributed by atoms with van der Waals surface area (Å²) in [6, 6.07) is 1.88. The molecule has 0 aromatic carbocycles. The molecule has 0 atom stereocenters. The summed E-state index contributed by atoms with van der Waals surface area (Å²) in [7, 11) is 0. The third kappa shape index (κ3) is 2.38. The number of nitrogens with two attached hydrogens (primary N) is 1. The largest absolute Gasteiger partial charge is 0.396 e. The molecule has 3 aromatic rings. The lowest BCUT2D eigenvalue weighted by atomic mass is 10.2. The van der Waals surface area contributed by atoms with Gasteiger partial charge in [-0.25, -0.2) is 14.1 Å². The van der Waals surface area contributed by atoms with Crippen molar-refractivity contribution in [2.24, 2.45) is 0 Å². The number of aliphatic hydroxyl groups excluding tert-OH is 1. The molecule has 0 radical (unpaired) electrons. The lowest BCUT2D eigenvalue weighted by Crippen LogP contribution is -2.05. The number of aryl methyl sites for hydroxylation is 1. The van der Waals surface area contributed by atoms with Crippen LogP contribution in [0.1, 0.15) is 12.0 Å². The van der Waals surface area contributed by atoms with Gasteiger partial charge in [-0.1, -0.05) is 0 Å². The second kappa shape index (κ2) is 5.37. The molecule has 0 spiro atoms. The summed E-state index contributed by atoms with van der Waals surface area (Å²) in [5.74, 6) is 0.924. The predicted octanol–water partition coefficient (Wildman–Crippen LogP) is 0.464. The summed E-state index contributed by atoms with van der Waals surface area (Å²) < 4.78 is 6.26. The molecule has 0 aliphatic carbocycles. The van der Waals surface area contributed by atoms with E-state index in [4.69, 9.17) is 10.8 Å². The lowest BCUT2D eigenvalue weighted by Gasteiger charge is -2.04. The van der Waals surface area contributed by atoms with Gasteiger partial charge in [0.15, 0.2) is 11.5 Å². The van der Waals surface area contributed by atoms with Gasteiger partial charge < -0.3 is 16.2 Å². The van der Waals surface area contributed by atoms with E-state index >= 15 is 0 Å². The summed E-state index contributed by atoms with van der Waals surface area (Å²) in [5, 5.41) is 23.7. The molecule has 0 aliphatic heterocycles. The minimum absolute atomic E-state index is 0.142. The molecule has 0 saturated carbocycles. The van der Waals surface area contributed by atoms with Crippen LogP contribution in [0.3, 0.4) is 0 Å². The Morgan fingerprint density at radius 3 is 2.95 bits per heavy atom. The van der Waals surface area contributed by atoms with Crippen LogP contribution in [0.2, 0.25) is 0 Å². The van der Waals surface area contributed by atoms with Crippen molar-refractivity contribution in [2.75, 3.05) is 24.2 Å². The van der Waals surface area contributed by atoms with E-state index in [1.54, 1.807) is 10.8 Å². The summed E-state index contributed by atoms with van der Waals surface area (Å²) in [6.07, 6.45) is 2.27. The van der Waals surface area contributed by atoms with Gasteiger partial charge in [0.1, 0.15) is 17.8 Å². The highest BCUT2D eigenvalue weighted by molar-refractivity contribution is 5.76. The Morgan fingerprint density at radius 1 is 1.38 bits per heavy atom. The standard InChI is InChI=1S/C12H15N7O2/c1-7-8-5-9(14-3-2-4-20)15-6-19(8)16-10(7)11-12(13)18-21-17-11/h5-6,14,20H,2-4H2,1H3,(H2,13,18). The molecule has 0 saturated heterocycles. The van der Waals surface area contributed by atoms with Crippen molar-refractivity contribution < 1.29 is 9.74 Å². The first-order valence-corrected chi connectivity index (χ1v) is 6.49. The molecule has 0 aliphatic rings. The summed E-state index contributed by atoms with van der Waals surface area (Å²) in [6.45, 7) is 2.71. The van der Waals surface area contributed by atoms with Gasteiger partial charge in [0.2, 0.25) is 0 Å². The Morgan fingerprint density at radius 2 is 2.24 bits per heavy atom. The smallest absolute Gasteiger partial charge is 0.198 e. The van der Waals surface area contributed by atoms with Gasteiger partial charge in [0.25, 0.3) is 0 Å². The van der Waals surface area contributed by atoms with E-state index < -0.39 is 0 Å². The zero-order valence-electron chi connectivity index (χ0n) is 11.4. The van der Waals surface area contributed by atoms with Crippen molar-refractivity contribution in [3.05, 3.63) is 18.0 Å². The zero-order chi connectivity index (χ0) is 14.8. The van der Waals surface area contributed by atoms with E-state index in [-0.39, 0.29) is 12.4 Å². The summed E-state index contributed by atoms with van der Waals surface area (Å²) in [4.78, 5) is 4.25. The Balaban J connectivity index is 1.99. The summed E-state index contributed by atoms with van der Waals surface area (Å²) in [5.41, 5.74) is 8.53. The van der Waals surface area contributed by atoms with Crippen LogP contribution in [0, 0.1) is 6.92 Å². The molecule has 3 aromatic heterocycles. The van der Waals surface area contributed by atoms with E-state index in [9.17, 15) is 0 Å². The second-order valence-corrected chi connectivity index (χ2v) is 4.58. The van der Waals surface area contributed by atoms with Crippen LogP contribution in [0.4, 0.5) is 11.6 Å². The molecule has 110 valence electrons. The van der Waals surface area contributed by atoms with Crippen LogP contribution in [0.15, 0.2) is 17.0 Å². The minimum Gasteiger partial charge on any atom is -0.396 e. The quantitative estimate of drug-likeness (QED) is 0.578. The summed E-state index contributed by atoms with van der Waals surface area (Å²) >= 11 is 0. The first kappa shape index (κ1) is 13.3. The number of nitrogen functional groups attached to an aromatic ring is 1. The molecule has 3 rings (SSSR count). The van der Waals surface area contributed by atoms with E-state index in [0.717, 1.165) is 16.9 Å². The number of nitrogens with one attached hydrogen (secondary N) is 1. The molecule has 21 heavy (non-hydrogen) atoms. The molecule has 0 unspecified atom stereocenters. The Hall–Kier alpha value is -2.68. The van der Waals surface area contributed by atoms with Gasteiger partial charge >= 0.3 is 0 Å². The highest BCUT2D eigenvalue weighted by atomic mass is 16.6. The maximum absolute atomic E-state index is 8.79. The number of aromatic nitrogens is 5. The fraction of sp³-hybridized carbons (Fsp3) is 0.333. The molecule has 0 bridgehead atoms.